The first-order valence-corrected chi connectivity index (χ1v) is 13.7. The van der Waals surface area contributed by atoms with Crippen LogP contribution in [-0.4, -0.2) is 42.2 Å². The number of aromatic nitrogens is 3. The van der Waals surface area contributed by atoms with E-state index in [1.807, 2.05) is 49.4 Å². The standard InChI is InChI=1S/C27H30N8O2S/c1-3-30-38(36,37)24-11-9-22(10-12-24)20(2)34-35-26-19-25(29-18-15-21-13-16-28-17-14-21)32-27(33-26)31-23-7-5-4-6-8-23/h4-14,16-17,19,30H,3,15,18H2,1-2H3,(H3,29,31,32,33,35). The highest BCUT2D eigenvalue weighted by Crippen LogP contribution is 2.19. The fourth-order valence-corrected chi connectivity index (χ4v) is 4.58. The zero-order valence-electron chi connectivity index (χ0n) is 21.2. The van der Waals surface area contributed by atoms with Crippen molar-refractivity contribution in [2.75, 3.05) is 29.1 Å². The van der Waals surface area contributed by atoms with Crippen LogP contribution in [0, 0.1) is 0 Å². The van der Waals surface area contributed by atoms with Crippen LogP contribution in [0.3, 0.4) is 0 Å². The molecule has 4 N–H and O–H groups in total. The minimum absolute atomic E-state index is 0.207. The molecule has 38 heavy (non-hydrogen) atoms. The van der Waals surface area contributed by atoms with Gasteiger partial charge in [0.25, 0.3) is 0 Å². The predicted octanol–water partition coefficient (Wildman–Crippen LogP) is 4.40. The van der Waals surface area contributed by atoms with Crippen LogP contribution in [0.1, 0.15) is 25.0 Å². The fraction of sp³-hybridized carbons (Fsp3) is 0.185. The molecule has 2 aromatic carbocycles. The van der Waals surface area contributed by atoms with Gasteiger partial charge in [0.05, 0.1) is 10.6 Å². The molecule has 0 saturated heterocycles. The lowest BCUT2D eigenvalue weighted by Gasteiger charge is -2.12. The van der Waals surface area contributed by atoms with Gasteiger partial charge in [0.2, 0.25) is 16.0 Å². The Balaban J connectivity index is 1.50. The molecular weight excluding hydrogens is 500 g/mol. The number of sulfonamides is 1. The Bertz CT molecular complexity index is 1460. The first-order valence-electron chi connectivity index (χ1n) is 12.2. The summed E-state index contributed by atoms with van der Waals surface area (Å²) in [6.07, 6.45) is 4.37. The SMILES string of the molecule is CCNS(=O)(=O)c1ccc(C(C)=NNc2cc(NCCc3ccncc3)nc(Nc3ccccc3)n2)cc1. The molecule has 0 aliphatic rings. The summed E-state index contributed by atoms with van der Waals surface area (Å²) in [6.45, 7) is 4.58. The van der Waals surface area contributed by atoms with Crippen LogP contribution in [0.15, 0.2) is 95.2 Å². The molecule has 0 amide bonds. The minimum Gasteiger partial charge on any atom is -0.370 e. The number of hydrazone groups is 1. The second kappa shape index (κ2) is 12.7. The Morgan fingerprint density at radius 1 is 0.921 bits per heavy atom. The van der Waals surface area contributed by atoms with Gasteiger partial charge in [0.15, 0.2) is 5.82 Å². The maximum Gasteiger partial charge on any atom is 0.240 e. The molecule has 0 aliphatic carbocycles. The lowest BCUT2D eigenvalue weighted by atomic mass is 10.1. The number of nitrogens with one attached hydrogen (secondary N) is 4. The van der Waals surface area contributed by atoms with Crippen LogP contribution in [-0.2, 0) is 16.4 Å². The Labute approximate surface area is 222 Å². The lowest BCUT2D eigenvalue weighted by Crippen LogP contribution is -2.23. The van der Waals surface area contributed by atoms with E-state index in [1.165, 1.54) is 5.56 Å². The molecule has 0 atom stereocenters. The second-order valence-corrected chi connectivity index (χ2v) is 10.1. The van der Waals surface area contributed by atoms with E-state index in [-0.39, 0.29) is 4.90 Å². The number of para-hydroxylation sites is 1. The van der Waals surface area contributed by atoms with E-state index in [1.54, 1.807) is 49.6 Å². The topological polar surface area (TPSA) is 133 Å². The Morgan fingerprint density at radius 3 is 2.34 bits per heavy atom. The molecule has 0 fully saturated rings. The number of rotatable bonds is 12. The van der Waals surface area contributed by atoms with E-state index < -0.39 is 10.0 Å². The van der Waals surface area contributed by atoms with Gasteiger partial charge in [-0.2, -0.15) is 15.1 Å². The summed E-state index contributed by atoms with van der Waals surface area (Å²) in [5, 5.41) is 11.0. The average molecular weight is 531 g/mol. The monoisotopic (exact) mass is 530 g/mol. The van der Waals surface area contributed by atoms with Gasteiger partial charge in [-0.25, -0.2) is 13.1 Å². The van der Waals surface area contributed by atoms with Gasteiger partial charge in [0, 0.05) is 37.2 Å². The summed E-state index contributed by atoms with van der Waals surface area (Å²) in [7, 11) is -3.51. The van der Waals surface area contributed by atoms with E-state index in [0.29, 0.717) is 36.4 Å². The molecule has 10 nitrogen and oxygen atoms in total. The molecule has 0 saturated carbocycles. The van der Waals surface area contributed by atoms with Crippen molar-refractivity contribution in [2.45, 2.75) is 25.2 Å². The van der Waals surface area contributed by atoms with Crippen LogP contribution in [0.4, 0.5) is 23.3 Å². The van der Waals surface area contributed by atoms with Crippen molar-refractivity contribution < 1.29 is 8.42 Å². The zero-order chi connectivity index (χ0) is 26.8. The van der Waals surface area contributed by atoms with Crippen LogP contribution in [0.25, 0.3) is 0 Å². The highest BCUT2D eigenvalue weighted by molar-refractivity contribution is 7.89. The third-order valence-corrected chi connectivity index (χ3v) is 7.04. The number of pyridine rings is 1. The molecule has 0 radical (unpaired) electrons. The number of hydrogen-bond acceptors (Lipinski definition) is 9. The normalized spacial score (nSPS) is 11.7. The highest BCUT2D eigenvalue weighted by atomic mass is 32.2. The molecule has 2 aromatic heterocycles. The van der Waals surface area contributed by atoms with E-state index in [0.717, 1.165) is 17.7 Å². The van der Waals surface area contributed by atoms with Crippen molar-refractivity contribution in [3.8, 4) is 0 Å². The first kappa shape index (κ1) is 26.7. The second-order valence-electron chi connectivity index (χ2n) is 8.32. The van der Waals surface area contributed by atoms with Gasteiger partial charge in [0.1, 0.15) is 5.82 Å². The van der Waals surface area contributed by atoms with Crippen LogP contribution < -0.4 is 20.8 Å². The van der Waals surface area contributed by atoms with Crippen molar-refractivity contribution in [3.05, 3.63) is 96.3 Å². The summed E-state index contributed by atoms with van der Waals surface area (Å²) < 4.78 is 26.9. The first-order chi connectivity index (χ1) is 18.4. The van der Waals surface area contributed by atoms with Crippen molar-refractivity contribution in [1.29, 1.82) is 0 Å². The maximum absolute atomic E-state index is 12.2. The van der Waals surface area contributed by atoms with E-state index in [9.17, 15) is 8.42 Å². The molecule has 4 rings (SSSR count). The number of hydrogen-bond donors (Lipinski definition) is 4. The molecule has 11 heteroatoms. The van der Waals surface area contributed by atoms with Gasteiger partial charge in [-0.3, -0.25) is 10.4 Å². The third kappa shape index (κ3) is 7.58. The lowest BCUT2D eigenvalue weighted by molar-refractivity contribution is 0.584. The zero-order valence-corrected chi connectivity index (χ0v) is 22.0. The van der Waals surface area contributed by atoms with Crippen molar-refractivity contribution in [2.24, 2.45) is 5.10 Å². The Hall–Kier alpha value is -4.35. The summed E-state index contributed by atoms with van der Waals surface area (Å²) in [4.78, 5) is 13.4. The van der Waals surface area contributed by atoms with E-state index >= 15 is 0 Å². The molecule has 4 aromatic rings. The third-order valence-electron chi connectivity index (χ3n) is 5.48. The van der Waals surface area contributed by atoms with Gasteiger partial charge >= 0.3 is 0 Å². The van der Waals surface area contributed by atoms with Gasteiger partial charge in [-0.1, -0.05) is 37.3 Å². The van der Waals surface area contributed by atoms with Gasteiger partial charge < -0.3 is 10.6 Å². The van der Waals surface area contributed by atoms with E-state index in [2.05, 4.69) is 40.8 Å². The molecule has 0 bridgehead atoms. The molecular formula is C27H30N8O2S. The smallest absolute Gasteiger partial charge is 0.240 e. The molecule has 0 unspecified atom stereocenters. The summed E-state index contributed by atoms with van der Waals surface area (Å²) in [5.74, 6) is 1.55. The summed E-state index contributed by atoms with van der Waals surface area (Å²) in [5.41, 5.74) is 6.48. The minimum atomic E-state index is -3.51. The molecule has 0 aliphatic heterocycles. The summed E-state index contributed by atoms with van der Waals surface area (Å²) >= 11 is 0. The predicted molar refractivity (Wildman–Crippen MR) is 151 cm³/mol. The van der Waals surface area contributed by atoms with Crippen LogP contribution in [0.5, 0.6) is 0 Å². The quantitative estimate of drug-likeness (QED) is 0.156. The molecule has 2 heterocycles. The Morgan fingerprint density at radius 2 is 1.63 bits per heavy atom. The van der Waals surface area contributed by atoms with Crippen molar-refractivity contribution in [3.63, 3.8) is 0 Å². The molecule has 0 spiro atoms. The Kier molecular flexibility index (Phi) is 8.96. The maximum atomic E-state index is 12.2. The molecule has 196 valence electrons. The number of benzene rings is 2. The number of anilines is 4. The average Bonchev–Trinajstić information content (AvgIpc) is 2.93. The van der Waals surface area contributed by atoms with Crippen molar-refractivity contribution >= 4 is 39.0 Å². The van der Waals surface area contributed by atoms with Gasteiger partial charge in [-0.05, 0) is 60.9 Å². The van der Waals surface area contributed by atoms with E-state index in [4.69, 9.17) is 0 Å². The highest BCUT2D eigenvalue weighted by Gasteiger charge is 2.12. The van der Waals surface area contributed by atoms with Crippen LogP contribution >= 0.6 is 0 Å². The largest absolute Gasteiger partial charge is 0.370 e. The van der Waals surface area contributed by atoms with Gasteiger partial charge in [-0.15, -0.1) is 0 Å². The van der Waals surface area contributed by atoms with Crippen LogP contribution in [0.2, 0.25) is 0 Å². The summed E-state index contributed by atoms with van der Waals surface area (Å²) in [6, 6.07) is 22.0. The fourth-order valence-electron chi connectivity index (χ4n) is 3.54. The van der Waals surface area contributed by atoms with Crippen molar-refractivity contribution in [1.82, 2.24) is 19.7 Å². The number of nitrogens with zero attached hydrogens (tertiary/aromatic N) is 4.